The molecule has 0 amide bonds. The van der Waals surface area contributed by atoms with Gasteiger partial charge in [-0.25, -0.2) is 0 Å². The maximum Gasteiger partial charge on any atom is 0.306 e. The number of rotatable bonds is 7. The number of unbranched alkanes of at least 4 members (excludes halogenated alkanes) is 1. The number of aliphatic carboxylic acids is 1. The Morgan fingerprint density at radius 3 is 2.43 bits per heavy atom. The SMILES string of the molecule is CCC=CCCCC(CC)C(=O)O.Cl. The van der Waals surface area contributed by atoms with Crippen molar-refractivity contribution < 1.29 is 9.90 Å². The van der Waals surface area contributed by atoms with Crippen LogP contribution in [0.1, 0.15) is 46.0 Å². The van der Waals surface area contributed by atoms with Crippen LogP contribution in [0.4, 0.5) is 0 Å². The molecular weight excluding hydrogens is 200 g/mol. The molecule has 1 unspecified atom stereocenters. The van der Waals surface area contributed by atoms with E-state index < -0.39 is 5.97 Å². The molecule has 14 heavy (non-hydrogen) atoms. The van der Waals surface area contributed by atoms with Gasteiger partial charge in [0, 0.05) is 0 Å². The minimum absolute atomic E-state index is 0. The highest BCUT2D eigenvalue weighted by Crippen LogP contribution is 2.12. The van der Waals surface area contributed by atoms with Gasteiger partial charge in [0.15, 0.2) is 0 Å². The Hall–Kier alpha value is -0.500. The summed E-state index contributed by atoms with van der Waals surface area (Å²) in [5.74, 6) is -0.794. The zero-order chi connectivity index (χ0) is 10.1. The topological polar surface area (TPSA) is 37.3 Å². The van der Waals surface area contributed by atoms with Crippen molar-refractivity contribution in [2.45, 2.75) is 46.0 Å². The number of carboxylic acid groups (broad SMARTS) is 1. The molecule has 3 heteroatoms. The summed E-state index contributed by atoms with van der Waals surface area (Å²) in [4.78, 5) is 10.6. The number of carboxylic acids is 1. The lowest BCUT2D eigenvalue weighted by Crippen LogP contribution is -2.11. The fourth-order valence-corrected chi connectivity index (χ4v) is 1.27. The van der Waals surface area contributed by atoms with Crippen LogP contribution in [0, 0.1) is 5.92 Å². The highest BCUT2D eigenvalue weighted by Gasteiger charge is 2.13. The first kappa shape index (κ1) is 15.9. The van der Waals surface area contributed by atoms with Crippen LogP contribution in [0.3, 0.4) is 0 Å². The Morgan fingerprint density at radius 2 is 2.00 bits per heavy atom. The van der Waals surface area contributed by atoms with Gasteiger partial charge < -0.3 is 5.11 Å². The molecule has 0 aliphatic rings. The largest absolute Gasteiger partial charge is 0.481 e. The molecule has 0 fully saturated rings. The maximum absolute atomic E-state index is 10.6. The fourth-order valence-electron chi connectivity index (χ4n) is 1.27. The highest BCUT2D eigenvalue weighted by atomic mass is 35.5. The van der Waals surface area contributed by atoms with Gasteiger partial charge in [-0.1, -0.05) is 26.0 Å². The minimum Gasteiger partial charge on any atom is -0.481 e. The van der Waals surface area contributed by atoms with E-state index in [1.54, 1.807) is 0 Å². The van der Waals surface area contributed by atoms with E-state index in [1.807, 2.05) is 6.92 Å². The van der Waals surface area contributed by atoms with Crippen LogP contribution in [0.15, 0.2) is 12.2 Å². The van der Waals surface area contributed by atoms with E-state index in [0.29, 0.717) is 0 Å². The lowest BCUT2D eigenvalue weighted by Gasteiger charge is -2.07. The van der Waals surface area contributed by atoms with Crippen molar-refractivity contribution in [1.29, 1.82) is 0 Å². The quantitative estimate of drug-likeness (QED) is 0.525. The lowest BCUT2D eigenvalue weighted by atomic mass is 9.99. The molecule has 1 atom stereocenters. The van der Waals surface area contributed by atoms with Crippen molar-refractivity contribution in [1.82, 2.24) is 0 Å². The van der Waals surface area contributed by atoms with E-state index in [1.165, 1.54) is 0 Å². The van der Waals surface area contributed by atoms with Gasteiger partial charge in [0.2, 0.25) is 0 Å². The second kappa shape index (κ2) is 10.6. The number of hydrogen-bond donors (Lipinski definition) is 1. The molecule has 0 aliphatic heterocycles. The van der Waals surface area contributed by atoms with Crippen molar-refractivity contribution in [2.75, 3.05) is 0 Å². The van der Waals surface area contributed by atoms with Gasteiger partial charge in [0.1, 0.15) is 0 Å². The summed E-state index contributed by atoms with van der Waals surface area (Å²) in [5, 5.41) is 8.76. The maximum atomic E-state index is 10.6. The van der Waals surface area contributed by atoms with Crippen LogP contribution in [-0.4, -0.2) is 11.1 Å². The van der Waals surface area contributed by atoms with Gasteiger partial charge in [-0.05, 0) is 32.1 Å². The zero-order valence-corrected chi connectivity index (χ0v) is 9.85. The molecule has 0 spiro atoms. The third-order valence-electron chi connectivity index (χ3n) is 2.17. The first-order chi connectivity index (χ1) is 6.22. The van der Waals surface area contributed by atoms with Gasteiger partial charge >= 0.3 is 5.97 Å². The summed E-state index contributed by atoms with van der Waals surface area (Å²) in [5.41, 5.74) is 0. The van der Waals surface area contributed by atoms with Gasteiger partial charge in [0.25, 0.3) is 0 Å². The van der Waals surface area contributed by atoms with Crippen molar-refractivity contribution in [3.05, 3.63) is 12.2 Å². The van der Waals surface area contributed by atoms with Gasteiger partial charge in [-0.2, -0.15) is 0 Å². The fraction of sp³-hybridized carbons (Fsp3) is 0.727. The molecule has 0 radical (unpaired) electrons. The minimum atomic E-state index is -0.651. The molecule has 0 aliphatic carbocycles. The van der Waals surface area contributed by atoms with Crippen LogP contribution in [-0.2, 0) is 4.79 Å². The molecule has 0 saturated carbocycles. The Morgan fingerprint density at radius 1 is 1.36 bits per heavy atom. The molecule has 0 aromatic carbocycles. The molecule has 1 N–H and O–H groups in total. The Labute approximate surface area is 92.8 Å². The monoisotopic (exact) mass is 220 g/mol. The van der Waals surface area contributed by atoms with Crippen LogP contribution in [0.5, 0.6) is 0 Å². The summed E-state index contributed by atoms with van der Waals surface area (Å²) in [6, 6.07) is 0. The summed E-state index contributed by atoms with van der Waals surface area (Å²) < 4.78 is 0. The third-order valence-corrected chi connectivity index (χ3v) is 2.17. The second-order valence-corrected chi connectivity index (χ2v) is 3.25. The second-order valence-electron chi connectivity index (χ2n) is 3.25. The first-order valence-electron chi connectivity index (χ1n) is 5.10. The molecule has 0 heterocycles. The van der Waals surface area contributed by atoms with Gasteiger partial charge in [-0.3, -0.25) is 4.79 Å². The van der Waals surface area contributed by atoms with E-state index in [4.69, 9.17) is 5.11 Å². The first-order valence-corrected chi connectivity index (χ1v) is 5.10. The van der Waals surface area contributed by atoms with E-state index >= 15 is 0 Å². The smallest absolute Gasteiger partial charge is 0.306 e. The third kappa shape index (κ3) is 8.11. The standard InChI is InChI=1S/C11H20O2.ClH/c1-3-5-6-7-8-9-10(4-2)11(12)13;/h5-6,10H,3-4,7-9H2,1-2H3,(H,12,13);1H. The van der Waals surface area contributed by atoms with Crippen molar-refractivity contribution in [3.63, 3.8) is 0 Å². The summed E-state index contributed by atoms with van der Waals surface area (Å²) >= 11 is 0. The van der Waals surface area contributed by atoms with Crippen LogP contribution < -0.4 is 0 Å². The van der Waals surface area contributed by atoms with Crippen molar-refractivity contribution in [3.8, 4) is 0 Å². The number of halogens is 1. The van der Waals surface area contributed by atoms with E-state index in [9.17, 15) is 4.79 Å². The molecular formula is C11H21ClO2. The predicted molar refractivity (Wildman–Crippen MR) is 61.9 cm³/mol. The molecule has 0 rings (SSSR count). The molecule has 84 valence electrons. The van der Waals surface area contributed by atoms with E-state index in [-0.39, 0.29) is 18.3 Å². The molecule has 0 saturated heterocycles. The Bertz CT molecular complexity index is 167. The highest BCUT2D eigenvalue weighted by molar-refractivity contribution is 5.85. The Balaban J connectivity index is 0. The van der Waals surface area contributed by atoms with E-state index in [0.717, 1.165) is 32.1 Å². The molecule has 0 bridgehead atoms. The van der Waals surface area contributed by atoms with Crippen molar-refractivity contribution in [2.24, 2.45) is 5.92 Å². The van der Waals surface area contributed by atoms with Gasteiger partial charge in [0.05, 0.1) is 5.92 Å². The lowest BCUT2D eigenvalue weighted by molar-refractivity contribution is -0.142. The van der Waals surface area contributed by atoms with Gasteiger partial charge in [-0.15, -0.1) is 12.4 Å². The molecule has 0 aromatic rings. The van der Waals surface area contributed by atoms with Crippen LogP contribution >= 0.6 is 12.4 Å². The zero-order valence-electron chi connectivity index (χ0n) is 9.03. The normalized spacial score (nSPS) is 12.4. The predicted octanol–water partition coefficient (Wildman–Crippen LogP) is 3.66. The van der Waals surface area contributed by atoms with Crippen LogP contribution in [0.2, 0.25) is 0 Å². The van der Waals surface area contributed by atoms with Crippen LogP contribution in [0.25, 0.3) is 0 Å². The number of hydrogen-bond acceptors (Lipinski definition) is 1. The average molecular weight is 221 g/mol. The number of carbonyl (C=O) groups is 1. The summed E-state index contributed by atoms with van der Waals surface area (Å²) in [6.07, 6.45) is 8.87. The number of allylic oxidation sites excluding steroid dienone is 2. The summed E-state index contributed by atoms with van der Waals surface area (Å²) in [6.45, 7) is 4.03. The Kier molecular flexibility index (Phi) is 12.1. The molecule has 0 aromatic heterocycles. The molecule has 2 nitrogen and oxygen atoms in total. The van der Waals surface area contributed by atoms with Crippen molar-refractivity contribution >= 4 is 18.4 Å². The van der Waals surface area contributed by atoms with E-state index in [2.05, 4.69) is 19.1 Å². The average Bonchev–Trinajstić information content (AvgIpc) is 2.10. The summed E-state index contributed by atoms with van der Waals surface area (Å²) in [7, 11) is 0.